The van der Waals surface area contributed by atoms with Gasteiger partial charge in [-0.1, -0.05) is 48.0 Å². The first-order chi connectivity index (χ1) is 15.1. The standard InChI is InChI=1S/C25H22N2O4/c1-17-8-12-20(13-9-17)24-27-26-23(31-24)18(2)30-25(28)21-14-10-19(11-15-21)16-29-22-6-4-3-5-7-22/h3-15,18H,16H2,1-2H3. The van der Waals surface area contributed by atoms with Crippen LogP contribution in [-0.2, 0) is 11.3 Å². The van der Waals surface area contributed by atoms with Crippen LogP contribution in [0.4, 0.5) is 0 Å². The molecule has 1 heterocycles. The fraction of sp³-hybridized carbons (Fsp3) is 0.160. The van der Waals surface area contributed by atoms with Gasteiger partial charge in [0.25, 0.3) is 5.89 Å². The van der Waals surface area contributed by atoms with E-state index < -0.39 is 12.1 Å². The summed E-state index contributed by atoms with van der Waals surface area (Å²) in [4.78, 5) is 12.5. The van der Waals surface area contributed by atoms with E-state index in [1.807, 2.05) is 73.7 Å². The quantitative estimate of drug-likeness (QED) is 0.370. The van der Waals surface area contributed by atoms with Gasteiger partial charge in [0, 0.05) is 5.56 Å². The zero-order valence-electron chi connectivity index (χ0n) is 17.3. The summed E-state index contributed by atoms with van der Waals surface area (Å²) in [6.45, 7) is 4.12. The lowest BCUT2D eigenvalue weighted by Crippen LogP contribution is -2.09. The Morgan fingerprint density at radius 2 is 1.65 bits per heavy atom. The van der Waals surface area contributed by atoms with Gasteiger partial charge in [0.05, 0.1) is 5.56 Å². The Labute approximate surface area is 180 Å². The molecule has 0 aliphatic heterocycles. The van der Waals surface area contributed by atoms with Crippen molar-refractivity contribution in [3.63, 3.8) is 0 Å². The number of para-hydroxylation sites is 1. The summed E-state index contributed by atoms with van der Waals surface area (Å²) in [5.41, 5.74) is 3.35. The van der Waals surface area contributed by atoms with Crippen LogP contribution in [0.25, 0.3) is 11.5 Å². The van der Waals surface area contributed by atoms with E-state index in [9.17, 15) is 4.79 Å². The molecule has 0 saturated carbocycles. The van der Waals surface area contributed by atoms with Crippen molar-refractivity contribution in [3.05, 3.63) is 101 Å². The molecule has 0 fully saturated rings. The zero-order valence-corrected chi connectivity index (χ0v) is 17.3. The maximum atomic E-state index is 12.5. The molecule has 3 aromatic carbocycles. The highest BCUT2D eigenvalue weighted by molar-refractivity contribution is 5.89. The lowest BCUT2D eigenvalue weighted by molar-refractivity contribution is 0.0280. The van der Waals surface area contributed by atoms with Crippen molar-refractivity contribution < 1.29 is 18.7 Å². The minimum atomic E-state index is -0.666. The van der Waals surface area contributed by atoms with Gasteiger partial charge in [-0.2, -0.15) is 0 Å². The number of aromatic nitrogens is 2. The van der Waals surface area contributed by atoms with Crippen LogP contribution < -0.4 is 4.74 Å². The Hall–Kier alpha value is -3.93. The first-order valence-electron chi connectivity index (χ1n) is 9.97. The first-order valence-corrected chi connectivity index (χ1v) is 9.97. The molecule has 0 saturated heterocycles. The lowest BCUT2D eigenvalue weighted by Gasteiger charge is -2.10. The molecular weight excluding hydrogens is 392 g/mol. The number of esters is 1. The van der Waals surface area contributed by atoms with Crippen LogP contribution in [0.1, 0.15) is 40.4 Å². The van der Waals surface area contributed by atoms with Crippen LogP contribution >= 0.6 is 0 Å². The predicted octanol–water partition coefficient (Wildman–Crippen LogP) is 5.54. The van der Waals surface area contributed by atoms with Gasteiger partial charge in [-0.05, 0) is 55.8 Å². The minimum Gasteiger partial charge on any atom is -0.489 e. The molecule has 1 atom stereocenters. The van der Waals surface area contributed by atoms with Crippen molar-refractivity contribution in [1.29, 1.82) is 0 Å². The fourth-order valence-corrected chi connectivity index (χ4v) is 2.91. The number of carbonyl (C=O) groups excluding carboxylic acids is 1. The molecule has 0 aliphatic rings. The third kappa shape index (κ3) is 5.17. The molecule has 0 aliphatic carbocycles. The number of aryl methyl sites for hydroxylation is 1. The molecule has 0 spiro atoms. The van der Waals surface area contributed by atoms with E-state index in [2.05, 4.69) is 10.2 Å². The number of ether oxygens (including phenoxy) is 2. The lowest BCUT2D eigenvalue weighted by atomic mass is 10.1. The van der Waals surface area contributed by atoms with Crippen LogP contribution in [0.2, 0.25) is 0 Å². The highest BCUT2D eigenvalue weighted by atomic mass is 16.6. The molecule has 4 aromatic rings. The van der Waals surface area contributed by atoms with Gasteiger partial charge in [-0.25, -0.2) is 4.79 Å². The summed E-state index contributed by atoms with van der Waals surface area (Å²) in [6.07, 6.45) is -0.666. The molecular formula is C25H22N2O4. The van der Waals surface area contributed by atoms with E-state index in [0.717, 1.165) is 22.4 Å². The summed E-state index contributed by atoms with van der Waals surface area (Å²) >= 11 is 0. The Balaban J connectivity index is 1.35. The van der Waals surface area contributed by atoms with Crippen LogP contribution in [0.15, 0.2) is 83.3 Å². The van der Waals surface area contributed by atoms with Crippen LogP contribution in [-0.4, -0.2) is 16.2 Å². The Kier molecular flexibility index (Phi) is 6.08. The van der Waals surface area contributed by atoms with Gasteiger partial charge in [0.15, 0.2) is 6.10 Å². The Morgan fingerprint density at radius 3 is 2.35 bits per heavy atom. The highest BCUT2D eigenvalue weighted by Crippen LogP contribution is 2.23. The van der Waals surface area contributed by atoms with E-state index in [0.29, 0.717) is 18.1 Å². The minimum absolute atomic E-state index is 0.247. The van der Waals surface area contributed by atoms with E-state index in [-0.39, 0.29) is 5.89 Å². The van der Waals surface area contributed by atoms with Gasteiger partial charge in [-0.15, -0.1) is 10.2 Å². The first kappa shape index (κ1) is 20.3. The van der Waals surface area contributed by atoms with Crippen molar-refractivity contribution >= 4 is 5.97 Å². The normalized spacial score (nSPS) is 11.7. The van der Waals surface area contributed by atoms with Gasteiger partial charge in [-0.3, -0.25) is 0 Å². The molecule has 1 aromatic heterocycles. The third-order valence-electron chi connectivity index (χ3n) is 4.71. The summed E-state index contributed by atoms with van der Waals surface area (Å²) in [7, 11) is 0. The van der Waals surface area contributed by atoms with Gasteiger partial charge < -0.3 is 13.9 Å². The highest BCUT2D eigenvalue weighted by Gasteiger charge is 2.20. The molecule has 31 heavy (non-hydrogen) atoms. The zero-order chi connectivity index (χ0) is 21.6. The van der Waals surface area contributed by atoms with Crippen molar-refractivity contribution in [1.82, 2.24) is 10.2 Å². The predicted molar refractivity (Wildman–Crippen MR) is 116 cm³/mol. The van der Waals surface area contributed by atoms with E-state index >= 15 is 0 Å². The number of hydrogen-bond acceptors (Lipinski definition) is 6. The van der Waals surface area contributed by atoms with Crippen LogP contribution in [0, 0.1) is 6.92 Å². The average Bonchev–Trinajstić information content (AvgIpc) is 3.30. The van der Waals surface area contributed by atoms with Crippen molar-refractivity contribution in [3.8, 4) is 17.2 Å². The number of nitrogens with zero attached hydrogens (tertiary/aromatic N) is 2. The molecule has 4 rings (SSSR count). The molecule has 0 bridgehead atoms. The van der Waals surface area contributed by atoms with Gasteiger partial charge in [0.2, 0.25) is 5.89 Å². The molecule has 6 heteroatoms. The second kappa shape index (κ2) is 9.26. The summed E-state index contributed by atoms with van der Waals surface area (Å²) in [5.74, 6) is 0.972. The molecule has 156 valence electrons. The summed E-state index contributed by atoms with van der Waals surface area (Å²) in [5, 5.41) is 8.07. The maximum Gasteiger partial charge on any atom is 0.338 e. The molecule has 1 unspecified atom stereocenters. The monoisotopic (exact) mass is 414 g/mol. The van der Waals surface area contributed by atoms with Crippen molar-refractivity contribution in [2.75, 3.05) is 0 Å². The smallest absolute Gasteiger partial charge is 0.338 e. The molecule has 0 amide bonds. The average molecular weight is 414 g/mol. The van der Waals surface area contributed by atoms with Gasteiger partial charge >= 0.3 is 5.97 Å². The second-order valence-electron chi connectivity index (χ2n) is 7.16. The van der Waals surface area contributed by atoms with E-state index in [4.69, 9.17) is 13.9 Å². The number of rotatable bonds is 7. The van der Waals surface area contributed by atoms with Crippen molar-refractivity contribution in [2.45, 2.75) is 26.6 Å². The summed E-state index contributed by atoms with van der Waals surface area (Å²) in [6, 6.07) is 24.4. The molecule has 0 N–H and O–H groups in total. The largest absolute Gasteiger partial charge is 0.489 e. The van der Waals surface area contributed by atoms with Crippen LogP contribution in [0.3, 0.4) is 0 Å². The maximum absolute atomic E-state index is 12.5. The van der Waals surface area contributed by atoms with Crippen LogP contribution in [0.5, 0.6) is 5.75 Å². The Bertz CT molecular complexity index is 1140. The van der Waals surface area contributed by atoms with E-state index in [1.54, 1.807) is 19.1 Å². The molecule has 0 radical (unpaired) electrons. The van der Waals surface area contributed by atoms with E-state index in [1.165, 1.54) is 0 Å². The summed E-state index contributed by atoms with van der Waals surface area (Å²) < 4.78 is 16.9. The number of carbonyl (C=O) groups is 1. The van der Waals surface area contributed by atoms with Crippen molar-refractivity contribution in [2.24, 2.45) is 0 Å². The Morgan fingerprint density at radius 1 is 0.935 bits per heavy atom. The SMILES string of the molecule is Cc1ccc(-c2nnc(C(C)OC(=O)c3ccc(COc4ccccc4)cc3)o2)cc1. The fourth-order valence-electron chi connectivity index (χ4n) is 2.91. The second-order valence-corrected chi connectivity index (χ2v) is 7.16. The molecule has 6 nitrogen and oxygen atoms in total. The number of benzene rings is 3. The third-order valence-corrected chi connectivity index (χ3v) is 4.71. The number of hydrogen-bond donors (Lipinski definition) is 0. The van der Waals surface area contributed by atoms with Gasteiger partial charge in [0.1, 0.15) is 12.4 Å². The topological polar surface area (TPSA) is 74.5 Å².